The largest absolute Gasteiger partial charge is 0.376 e. The predicted molar refractivity (Wildman–Crippen MR) is 85.1 cm³/mol. The fourth-order valence-electron chi connectivity index (χ4n) is 3.61. The van der Waals surface area contributed by atoms with Crippen LogP contribution in [-0.2, 0) is 4.74 Å². The highest BCUT2D eigenvalue weighted by Crippen LogP contribution is 2.39. The highest BCUT2D eigenvalue weighted by Gasteiger charge is 2.37. The van der Waals surface area contributed by atoms with Gasteiger partial charge in [0, 0.05) is 31.7 Å². The second-order valence-corrected chi connectivity index (χ2v) is 7.95. The predicted octanol–water partition coefficient (Wildman–Crippen LogP) is 3.05. The SMILES string of the molecule is CCC1CN(CC2(CNC(C)(C)C)CCCC2)CCO1. The Morgan fingerprint density at radius 1 is 1.25 bits per heavy atom. The summed E-state index contributed by atoms with van der Waals surface area (Å²) in [4.78, 5) is 2.66. The van der Waals surface area contributed by atoms with E-state index in [9.17, 15) is 0 Å². The Labute approximate surface area is 125 Å². The second kappa shape index (κ2) is 6.76. The fraction of sp³-hybridized carbons (Fsp3) is 1.00. The lowest BCUT2D eigenvalue weighted by Crippen LogP contribution is -2.51. The van der Waals surface area contributed by atoms with Crippen LogP contribution < -0.4 is 5.32 Å². The summed E-state index contributed by atoms with van der Waals surface area (Å²) in [6, 6.07) is 0. The smallest absolute Gasteiger partial charge is 0.0700 e. The molecule has 0 radical (unpaired) electrons. The molecule has 1 saturated carbocycles. The highest BCUT2D eigenvalue weighted by molar-refractivity contribution is 4.92. The van der Waals surface area contributed by atoms with E-state index in [4.69, 9.17) is 4.74 Å². The van der Waals surface area contributed by atoms with E-state index in [1.54, 1.807) is 0 Å². The number of hydrogen-bond acceptors (Lipinski definition) is 3. The first kappa shape index (κ1) is 16.3. The molecule has 0 aromatic heterocycles. The molecule has 1 heterocycles. The van der Waals surface area contributed by atoms with Crippen molar-refractivity contribution in [2.24, 2.45) is 5.41 Å². The van der Waals surface area contributed by atoms with Gasteiger partial charge in [-0.15, -0.1) is 0 Å². The third-order valence-electron chi connectivity index (χ3n) is 4.90. The van der Waals surface area contributed by atoms with Gasteiger partial charge >= 0.3 is 0 Å². The van der Waals surface area contributed by atoms with Crippen LogP contribution in [-0.4, -0.2) is 49.3 Å². The molecule has 3 nitrogen and oxygen atoms in total. The summed E-state index contributed by atoms with van der Waals surface area (Å²) in [6.07, 6.45) is 7.21. The van der Waals surface area contributed by atoms with Crippen LogP contribution in [0, 0.1) is 5.41 Å². The van der Waals surface area contributed by atoms with Gasteiger partial charge in [0.05, 0.1) is 12.7 Å². The first-order valence-electron chi connectivity index (χ1n) is 8.51. The maximum atomic E-state index is 5.81. The van der Waals surface area contributed by atoms with Gasteiger partial charge in [-0.05, 0) is 45.4 Å². The average molecular weight is 282 g/mol. The quantitative estimate of drug-likeness (QED) is 0.839. The van der Waals surface area contributed by atoms with Crippen molar-refractivity contribution >= 4 is 0 Å². The van der Waals surface area contributed by atoms with E-state index in [0.29, 0.717) is 11.5 Å². The van der Waals surface area contributed by atoms with Crippen molar-refractivity contribution < 1.29 is 4.74 Å². The van der Waals surface area contributed by atoms with Crippen molar-refractivity contribution in [1.82, 2.24) is 10.2 Å². The summed E-state index contributed by atoms with van der Waals surface area (Å²) >= 11 is 0. The normalized spacial score (nSPS) is 27.9. The van der Waals surface area contributed by atoms with Crippen molar-refractivity contribution in [2.45, 2.75) is 71.4 Å². The molecular weight excluding hydrogens is 248 g/mol. The van der Waals surface area contributed by atoms with Crippen LogP contribution >= 0.6 is 0 Å². The summed E-state index contributed by atoms with van der Waals surface area (Å²) in [5.41, 5.74) is 0.732. The zero-order chi connectivity index (χ0) is 14.6. The van der Waals surface area contributed by atoms with Crippen molar-refractivity contribution in [3.63, 3.8) is 0 Å². The van der Waals surface area contributed by atoms with Crippen LogP contribution in [0.15, 0.2) is 0 Å². The molecule has 1 atom stereocenters. The van der Waals surface area contributed by atoms with E-state index < -0.39 is 0 Å². The zero-order valence-electron chi connectivity index (χ0n) is 14.0. The van der Waals surface area contributed by atoms with Gasteiger partial charge in [-0.2, -0.15) is 0 Å². The van der Waals surface area contributed by atoms with E-state index >= 15 is 0 Å². The van der Waals surface area contributed by atoms with Crippen LogP contribution in [0.1, 0.15) is 59.8 Å². The van der Waals surface area contributed by atoms with Gasteiger partial charge in [0.25, 0.3) is 0 Å². The summed E-state index contributed by atoms with van der Waals surface area (Å²) in [7, 11) is 0. The number of hydrogen-bond donors (Lipinski definition) is 1. The van der Waals surface area contributed by atoms with Crippen LogP contribution in [0.2, 0.25) is 0 Å². The summed E-state index contributed by atoms with van der Waals surface area (Å²) in [5.74, 6) is 0. The van der Waals surface area contributed by atoms with E-state index in [1.165, 1.54) is 38.8 Å². The van der Waals surface area contributed by atoms with Gasteiger partial charge < -0.3 is 10.1 Å². The van der Waals surface area contributed by atoms with Gasteiger partial charge in [0.1, 0.15) is 0 Å². The van der Waals surface area contributed by atoms with Gasteiger partial charge in [0.15, 0.2) is 0 Å². The number of ether oxygens (including phenoxy) is 1. The maximum Gasteiger partial charge on any atom is 0.0700 e. The molecule has 0 aromatic carbocycles. The lowest BCUT2D eigenvalue weighted by Gasteiger charge is -2.41. The Balaban J connectivity index is 1.91. The van der Waals surface area contributed by atoms with Crippen LogP contribution in [0.25, 0.3) is 0 Å². The monoisotopic (exact) mass is 282 g/mol. The minimum atomic E-state index is 0.229. The third-order valence-corrected chi connectivity index (χ3v) is 4.90. The lowest BCUT2D eigenvalue weighted by atomic mass is 9.84. The topological polar surface area (TPSA) is 24.5 Å². The Morgan fingerprint density at radius 2 is 1.95 bits per heavy atom. The summed E-state index contributed by atoms with van der Waals surface area (Å²) < 4.78 is 5.81. The molecule has 2 aliphatic rings. The number of rotatable bonds is 5. The minimum Gasteiger partial charge on any atom is -0.376 e. The molecule has 2 rings (SSSR count). The Bertz CT molecular complexity index is 292. The molecular formula is C17H34N2O. The molecule has 118 valence electrons. The third kappa shape index (κ3) is 4.71. The van der Waals surface area contributed by atoms with Crippen molar-refractivity contribution in [1.29, 1.82) is 0 Å². The molecule has 1 saturated heterocycles. The zero-order valence-corrected chi connectivity index (χ0v) is 14.0. The molecule has 1 aliphatic carbocycles. The van der Waals surface area contributed by atoms with E-state index in [0.717, 1.165) is 26.1 Å². The van der Waals surface area contributed by atoms with E-state index in [2.05, 4.69) is 37.9 Å². The van der Waals surface area contributed by atoms with E-state index in [-0.39, 0.29) is 5.54 Å². The molecule has 0 amide bonds. The molecule has 0 aromatic rings. The Hall–Kier alpha value is -0.120. The first-order chi connectivity index (χ1) is 9.42. The second-order valence-electron chi connectivity index (χ2n) is 7.95. The van der Waals surface area contributed by atoms with E-state index in [1.807, 2.05) is 0 Å². The minimum absolute atomic E-state index is 0.229. The molecule has 1 unspecified atom stereocenters. The van der Waals surface area contributed by atoms with Crippen LogP contribution in [0.3, 0.4) is 0 Å². The maximum absolute atomic E-state index is 5.81. The summed E-state index contributed by atoms with van der Waals surface area (Å²) in [5, 5.41) is 3.76. The molecule has 1 aliphatic heterocycles. The molecule has 1 N–H and O–H groups in total. The molecule has 0 bridgehead atoms. The van der Waals surface area contributed by atoms with Crippen LogP contribution in [0.4, 0.5) is 0 Å². The fourth-order valence-corrected chi connectivity index (χ4v) is 3.61. The molecule has 2 fully saturated rings. The molecule has 0 spiro atoms. The average Bonchev–Trinajstić information content (AvgIpc) is 2.85. The summed E-state index contributed by atoms with van der Waals surface area (Å²) in [6.45, 7) is 14.7. The molecule has 3 heteroatoms. The number of nitrogens with one attached hydrogen (secondary N) is 1. The van der Waals surface area contributed by atoms with Gasteiger partial charge in [-0.25, -0.2) is 0 Å². The van der Waals surface area contributed by atoms with Gasteiger partial charge in [-0.1, -0.05) is 19.8 Å². The van der Waals surface area contributed by atoms with Crippen molar-refractivity contribution in [3.8, 4) is 0 Å². The standard InChI is InChI=1S/C17H34N2O/c1-5-15-12-19(10-11-20-15)14-17(8-6-7-9-17)13-18-16(2,3)4/h15,18H,5-14H2,1-4H3. The Kier molecular flexibility index (Phi) is 5.49. The molecule has 20 heavy (non-hydrogen) atoms. The van der Waals surface area contributed by atoms with Gasteiger partial charge in [0.2, 0.25) is 0 Å². The first-order valence-corrected chi connectivity index (χ1v) is 8.51. The number of morpholine rings is 1. The highest BCUT2D eigenvalue weighted by atomic mass is 16.5. The van der Waals surface area contributed by atoms with Crippen molar-refractivity contribution in [3.05, 3.63) is 0 Å². The Morgan fingerprint density at radius 3 is 2.55 bits per heavy atom. The van der Waals surface area contributed by atoms with Crippen LogP contribution in [0.5, 0.6) is 0 Å². The number of nitrogens with zero attached hydrogens (tertiary/aromatic N) is 1. The van der Waals surface area contributed by atoms with Gasteiger partial charge in [-0.3, -0.25) is 4.90 Å². The van der Waals surface area contributed by atoms with Crippen molar-refractivity contribution in [2.75, 3.05) is 32.8 Å². The lowest BCUT2D eigenvalue weighted by molar-refractivity contribution is -0.0424.